The third-order valence-electron chi connectivity index (χ3n) is 3.44. The van der Waals surface area contributed by atoms with Crippen LogP contribution in [0.15, 0.2) is 40.9 Å². The van der Waals surface area contributed by atoms with Gasteiger partial charge in [0.2, 0.25) is 0 Å². The zero-order valence-electron chi connectivity index (χ0n) is 13.4. The highest BCUT2D eigenvalue weighted by Gasteiger charge is 2.11. The standard InChI is InChI=1S/C18H18BrCl2NO2/c1-11(2)15-7-13(19)4-6-17(15)24-10-18(23)22-9-12-3-5-14(20)8-16(12)21/h3-8,11H,9-10H2,1-2H3,(H,22,23). The summed E-state index contributed by atoms with van der Waals surface area (Å²) >= 11 is 15.4. The summed E-state index contributed by atoms with van der Waals surface area (Å²) < 4.78 is 6.65. The molecule has 1 N–H and O–H groups in total. The second-order valence-corrected chi connectivity index (χ2v) is 7.40. The normalized spacial score (nSPS) is 10.8. The molecular weight excluding hydrogens is 413 g/mol. The van der Waals surface area contributed by atoms with E-state index >= 15 is 0 Å². The Morgan fingerprint density at radius 1 is 1.21 bits per heavy atom. The van der Waals surface area contributed by atoms with E-state index in [2.05, 4.69) is 35.1 Å². The number of amides is 1. The lowest BCUT2D eigenvalue weighted by Crippen LogP contribution is -2.28. The van der Waals surface area contributed by atoms with Crippen LogP contribution in [0, 0.1) is 0 Å². The zero-order valence-corrected chi connectivity index (χ0v) is 16.5. The van der Waals surface area contributed by atoms with Gasteiger partial charge in [-0.1, -0.05) is 59.0 Å². The minimum absolute atomic E-state index is 0.0490. The minimum atomic E-state index is -0.210. The molecule has 0 radical (unpaired) electrons. The topological polar surface area (TPSA) is 38.3 Å². The summed E-state index contributed by atoms with van der Waals surface area (Å²) in [6.07, 6.45) is 0. The van der Waals surface area contributed by atoms with E-state index in [0.717, 1.165) is 15.6 Å². The molecule has 0 saturated carbocycles. The summed E-state index contributed by atoms with van der Waals surface area (Å²) in [7, 11) is 0. The average molecular weight is 431 g/mol. The Kier molecular flexibility index (Phi) is 6.96. The van der Waals surface area contributed by atoms with Crippen LogP contribution in [0.25, 0.3) is 0 Å². The summed E-state index contributed by atoms with van der Waals surface area (Å²) in [4.78, 5) is 12.0. The van der Waals surface area contributed by atoms with Crippen LogP contribution < -0.4 is 10.1 Å². The molecule has 0 saturated heterocycles. The molecule has 0 aliphatic heterocycles. The summed E-state index contributed by atoms with van der Waals surface area (Å²) in [5.74, 6) is 0.806. The Balaban J connectivity index is 1.92. The maximum absolute atomic E-state index is 12.0. The monoisotopic (exact) mass is 429 g/mol. The summed E-state index contributed by atoms with van der Waals surface area (Å²) in [6.45, 7) is 4.44. The van der Waals surface area contributed by atoms with E-state index in [1.807, 2.05) is 18.2 Å². The van der Waals surface area contributed by atoms with Crippen molar-refractivity contribution in [1.29, 1.82) is 0 Å². The van der Waals surface area contributed by atoms with E-state index in [9.17, 15) is 4.79 Å². The van der Waals surface area contributed by atoms with Crippen LogP contribution in [0.1, 0.15) is 30.9 Å². The largest absolute Gasteiger partial charge is 0.483 e. The van der Waals surface area contributed by atoms with Gasteiger partial charge >= 0.3 is 0 Å². The lowest BCUT2D eigenvalue weighted by Gasteiger charge is -2.14. The van der Waals surface area contributed by atoms with Crippen LogP contribution in [-0.4, -0.2) is 12.5 Å². The predicted molar refractivity (Wildman–Crippen MR) is 102 cm³/mol. The van der Waals surface area contributed by atoms with Gasteiger partial charge in [0.25, 0.3) is 5.91 Å². The Hall–Kier alpha value is -1.23. The van der Waals surface area contributed by atoms with E-state index < -0.39 is 0 Å². The molecule has 3 nitrogen and oxygen atoms in total. The molecule has 2 aromatic carbocycles. The third kappa shape index (κ3) is 5.40. The molecule has 0 atom stereocenters. The fourth-order valence-electron chi connectivity index (χ4n) is 2.16. The molecule has 0 aromatic heterocycles. The van der Waals surface area contributed by atoms with E-state index in [1.165, 1.54) is 0 Å². The number of benzene rings is 2. The first-order valence-electron chi connectivity index (χ1n) is 7.49. The molecule has 2 aromatic rings. The van der Waals surface area contributed by atoms with E-state index in [-0.39, 0.29) is 12.5 Å². The molecule has 6 heteroatoms. The SMILES string of the molecule is CC(C)c1cc(Br)ccc1OCC(=O)NCc1ccc(Cl)cc1Cl. The highest BCUT2D eigenvalue weighted by Crippen LogP contribution is 2.29. The van der Waals surface area contributed by atoms with E-state index in [4.69, 9.17) is 27.9 Å². The first-order valence-corrected chi connectivity index (χ1v) is 9.04. The van der Waals surface area contributed by atoms with Gasteiger partial charge in [0.15, 0.2) is 6.61 Å². The molecule has 0 unspecified atom stereocenters. The van der Waals surface area contributed by atoms with Crippen molar-refractivity contribution in [2.24, 2.45) is 0 Å². The fourth-order valence-corrected chi connectivity index (χ4v) is 3.01. The van der Waals surface area contributed by atoms with Gasteiger partial charge in [0.1, 0.15) is 5.75 Å². The minimum Gasteiger partial charge on any atom is -0.483 e. The number of hydrogen-bond acceptors (Lipinski definition) is 2. The van der Waals surface area contributed by atoms with Gasteiger partial charge in [0, 0.05) is 21.1 Å². The van der Waals surface area contributed by atoms with Gasteiger partial charge in [-0.05, 0) is 47.4 Å². The highest BCUT2D eigenvalue weighted by molar-refractivity contribution is 9.10. The Bertz CT molecular complexity index is 735. The molecule has 0 spiro atoms. The van der Waals surface area contributed by atoms with Crippen molar-refractivity contribution in [3.05, 3.63) is 62.0 Å². The second kappa shape index (κ2) is 8.75. The zero-order chi connectivity index (χ0) is 17.7. The number of halogens is 3. The number of carbonyl (C=O) groups is 1. The van der Waals surface area contributed by atoms with E-state index in [0.29, 0.717) is 28.3 Å². The van der Waals surface area contributed by atoms with Crippen LogP contribution in [0.5, 0.6) is 5.75 Å². The second-order valence-electron chi connectivity index (χ2n) is 5.64. The Morgan fingerprint density at radius 2 is 1.96 bits per heavy atom. The molecule has 1 amide bonds. The Labute approximate surface area is 160 Å². The molecule has 0 bridgehead atoms. The summed E-state index contributed by atoms with van der Waals surface area (Å²) in [5, 5.41) is 3.88. The van der Waals surface area contributed by atoms with Gasteiger partial charge in [0.05, 0.1) is 0 Å². The maximum Gasteiger partial charge on any atom is 0.258 e. The van der Waals surface area contributed by atoms with Crippen LogP contribution in [0.4, 0.5) is 0 Å². The van der Waals surface area contributed by atoms with Gasteiger partial charge in [-0.2, -0.15) is 0 Å². The van der Waals surface area contributed by atoms with Crippen LogP contribution >= 0.6 is 39.1 Å². The van der Waals surface area contributed by atoms with Crippen molar-refractivity contribution in [3.8, 4) is 5.75 Å². The summed E-state index contributed by atoms with van der Waals surface area (Å²) in [6, 6.07) is 10.9. The maximum atomic E-state index is 12.0. The number of hydrogen-bond donors (Lipinski definition) is 1. The molecule has 0 aliphatic rings. The lowest BCUT2D eigenvalue weighted by atomic mass is 10.0. The van der Waals surface area contributed by atoms with Gasteiger partial charge < -0.3 is 10.1 Å². The molecule has 0 fully saturated rings. The van der Waals surface area contributed by atoms with Crippen molar-refractivity contribution in [2.45, 2.75) is 26.3 Å². The number of rotatable bonds is 6. The van der Waals surface area contributed by atoms with Crippen molar-refractivity contribution < 1.29 is 9.53 Å². The first kappa shape index (κ1) is 19.1. The van der Waals surface area contributed by atoms with Crippen molar-refractivity contribution >= 4 is 45.0 Å². The van der Waals surface area contributed by atoms with Crippen LogP contribution in [-0.2, 0) is 11.3 Å². The fraction of sp³-hybridized carbons (Fsp3) is 0.278. The molecular formula is C18H18BrCl2NO2. The van der Waals surface area contributed by atoms with Crippen LogP contribution in [0.2, 0.25) is 10.0 Å². The predicted octanol–water partition coefficient (Wildman–Crippen LogP) is 5.57. The van der Waals surface area contributed by atoms with Crippen molar-refractivity contribution in [3.63, 3.8) is 0 Å². The Morgan fingerprint density at radius 3 is 2.62 bits per heavy atom. The first-order chi connectivity index (χ1) is 11.4. The quantitative estimate of drug-likeness (QED) is 0.649. The highest BCUT2D eigenvalue weighted by atomic mass is 79.9. The smallest absolute Gasteiger partial charge is 0.258 e. The number of nitrogens with one attached hydrogen (secondary N) is 1. The van der Waals surface area contributed by atoms with Gasteiger partial charge in [-0.25, -0.2) is 0 Å². The molecule has 2 rings (SSSR count). The molecule has 0 aliphatic carbocycles. The third-order valence-corrected chi connectivity index (χ3v) is 4.52. The number of carbonyl (C=O) groups excluding carboxylic acids is 1. The van der Waals surface area contributed by atoms with Gasteiger partial charge in [-0.3, -0.25) is 4.79 Å². The molecule has 128 valence electrons. The molecule has 0 heterocycles. The van der Waals surface area contributed by atoms with Crippen molar-refractivity contribution in [1.82, 2.24) is 5.32 Å². The number of ether oxygens (including phenoxy) is 1. The summed E-state index contributed by atoms with van der Waals surface area (Å²) in [5.41, 5.74) is 1.86. The molecule has 24 heavy (non-hydrogen) atoms. The van der Waals surface area contributed by atoms with Crippen molar-refractivity contribution in [2.75, 3.05) is 6.61 Å². The average Bonchev–Trinajstić information content (AvgIpc) is 2.52. The van der Waals surface area contributed by atoms with E-state index in [1.54, 1.807) is 18.2 Å². The lowest BCUT2D eigenvalue weighted by molar-refractivity contribution is -0.123. The van der Waals surface area contributed by atoms with Crippen LogP contribution in [0.3, 0.4) is 0 Å². The van der Waals surface area contributed by atoms with Gasteiger partial charge in [-0.15, -0.1) is 0 Å².